The van der Waals surface area contributed by atoms with Crippen molar-refractivity contribution in [2.75, 3.05) is 0 Å². The molecule has 0 amide bonds. The van der Waals surface area contributed by atoms with Gasteiger partial charge in [0.05, 0.1) is 0 Å². The SMILES string of the molecule is b1ccoc1C=Cc1ccccc1. The summed E-state index contributed by atoms with van der Waals surface area (Å²) in [4.78, 5) is 0. The van der Waals surface area contributed by atoms with Gasteiger partial charge in [0.25, 0.3) is 0 Å². The molecule has 0 unspecified atom stereocenters. The number of rotatable bonds is 2. The first-order valence-corrected chi connectivity index (χ1v) is 4.22. The summed E-state index contributed by atoms with van der Waals surface area (Å²) in [6.45, 7) is 1.93. The van der Waals surface area contributed by atoms with Crippen LogP contribution in [0.2, 0.25) is 0 Å². The van der Waals surface area contributed by atoms with Crippen molar-refractivity contribution in [1.82, 2.24) is 0 Å². The topological polar surface area (TPSA) is 13.1 Å². The zero-order chi connectivity index (χ0) is 8.93. The van der Waals surface area contributed by atoms with Gasteiger partial charge in [-0.25, -0.2) is 0 Å². The van der Waals surface area contributed by atoms with Crippen molar-refractivity contribution in [1.29, 1.82) is 0 Å². The van der Waals surface area contributed by atoms with E-state index in [0.717, 1.165) is 5.66 Å². The molecule has 0 bridgehead atoms. The van der Waals surface area contributed by atoms with Crippen LogP contribution in [0.15, 0.2) is 47.0 Å². The van der Waals surface area contributed by atoms with Crippen LogP contribution < -0.4 is 0 Å². The summed E-state index contributed by atoms with van der Waals surface area (Å²) in [5, 5.41) is 0. The van der Waals surface area contributed by atoms with Crippen LogP contribution >= 0.6 is 0 Å². The summed E-state index contributed by atoms with van der Waals surface area (Å²) in [7, 11) is 0. The van der Waals surface area contributed by atoms with Gasteiger partial charge in [-0.3, -0.25) is 0 Å². The van der Waals surface area contributed by atoms with Gasteiger partial charge in [0.15, 0.2) is 0 Å². The van der Waals surface area contributed by atoms with E-state index in [4.69, 9.17) is 4.42 Å². The van der Waals surface area contributed by atoms with E-state index in [-0.39, 0.29) is 0 Å². The summed E-state index contributed by atoms with van der Waals surface area (Å²) < 4.78 is 5.17. The molecule has 0 spiro atoms. The van der Waals surface area contributed by atoms with Gasteiger partial charge >= 0.3 is 77.3 Å². The van der Waals surface area contributed by atoms with Gasteiger partial charge in [0.1, 0.15) is 0 Å². The Labute approximate surface area is 77.9 Å². The van der Waals surface area contributed by atoms with Crippen molar-refractivity contribution >= 4 is 19.1 Å². The van der Waals surface area contributed by atoms with Gasteiger partial charge in [-0.15, -0.1) is 0 Å². The Morgan fingerprint density at radius 3 is 2.62 bits per heavy atom. The second-order valence-electron chi connectivity index (χ2n) is 2.76. The first kappa shape index (κ1) is 8.05. The van der Waals surface area contributed by atoms with E-state index in [9.17, 15) is 0 Å². The molecule has 13 heavy (non-hydrogen) atoms. The van der Waals surface area contributed by atoms with Crippen LogP contribution in [0.25, 0.3) is 12.2 Å². The summed E-state index contributed by atoms with van der Waals surface area (Å²) in [6, 6.07) is 10.1. The average Bonchev–Trinajstić information content (AvgIpc) is 2.69. The van der Waals surface area contributed by atoms with Gasteiger partial charge in [-0.2, -0.15) is 0 Å². The van der Waals surface area contributed by atoms with Crippen molar-refractivity contribution in [2.24, 2.45) is 0 Å². The fraction of sp³-hybridized carbons (Fsp3) is 0. The monoisotopic (exact) mass is 168 g/mol. The predicted molar refractivity (Wildman–Crippen MR) is 55.4 cm³/mol. The van der Waals surface area contributed by atoms with Crippen molar-refractivity contribution in [3.63, 3.8) is 0 Å². The molecule has 2 rings (SSSR count). The molecule has 2 aromatic rings. The molecule has 1 heterocycles. The van der Waals surface area contributed by atoms with Crippen LogP contribution in [0.4, 0.5) is 0 Å². The fourth-order valence-corrected chi connectivity index (χ4v) is 1.13. The molecular weight excluding hydrogens is 159 g/mol. The molecule has 1 nitrogen and oxygen atoms in total. The third kappa shape index (κ3) is 2.18. The summed E-state index contributed by atoms with van der Waals surface area (Å²) in [5.74, 6) is 1.88. The molecular formula is C11H9BO. The van der Waals surface area contributed by atoms with Crippen molar-refractivity contribution in [3.8, 4) is 0 Å². The van der Waals surface area contributed by atoms with Gasteiger partial charge in [-0.1, -0.05) is 0 Å². The number of benzene rings is 1. The van der Waals surface area contributed by atoms with E-state index in [2.05, 4.69) is 12.1 Å². The molecule has 0 fully saturated rings. The van der Waals surface area contributed by atoms with E-state index in [0.29, 0.717) is 0 Å². The minimum atomic E-state index is 0.879. The second-order valence-corrected chi connectivity index (χ2v) is 2.76. The minimum absolute atomic E-state index is 0.879. The molecule has 0 aliphatic carbocycles. The quantitative estimate of drug-likeness (QED) is 0.671. The maximum absolute atomic E-state index is 5.17. The van der Waals surface area contributed by atoms with Gasteiger partial charge in [0.2, 0.25) is 0 Å². The van der Waals surface area contributed by atoms with Gasteiger partial charge in [0, 0.05) is 0 Å². The molecule has 62 valence electrons. The van der Waals surface area contributed by atoms with Crippen LogP contribution in [-0.2, 0) is 0 Å². The average molecular weight is 168 g/mol. The standard InChI is InChI=1S/C11H9BO/c1-2-4-10(5-3-1)6-7-11-12-8-9-13-11/h1-9H. The van der Waals surface area contributed by atoms with Crippen molar-refractivity contribution in [2.45, 2.75) is 0 Å². The van der Waals surface area contributed by atoms with Crippen LogP contribution in [0.3, 0.4) is 0 Å². The zero-order valence-corrected chi connectivity index (χ0v) is 7.18. The van der Waals surface area contributed by atoms with Crippen LogP contribution in [0, 0.1) is 0 Å². The molecule has 0 saturated heterocycles. The van der Waals surface area contributed by atoms with Crippen LogP contribution in [-0.4, -0.2) is 6.91 Å². The van der Waals surface area contributed by atoms with E-state index < -0.39 is 0 Å². The predicted octanol–water partition coefficient (Wildman–Crippen LogP) is 2.79. The molecule has 0 N–H and O–H groups in total. The molecule has 0 aliphatic heterocycles. The Kier molecular flexibility index (Phi) is 2.42. The Hall–Kier alpha value is -1.57. The Balaban J connectivity index is 2.15. The molecule has 0 saturated carbocycles. The van der Waals surface area contributed by atoms with E-state index in [1.165, 1.54) is 5.56 Å². The molecule has 1 aromatic carbocycles. The molecule has 2 heteroatoms. The second kappa shape index (κ2) is 3.90. The van der Waals surface area contributed by atoms with Crippen LogP contribution in [0.5, 0.6) is 0 Å². The van der Waals surface area contributed by atoms with E-state index in [1.54, 1.807) is 6.26 Å². The molecule has 1 aromatic heterocycles. The third-order valence-electron chi connectivity index (χ3n) is 1.78. The maximum atomic E-state index is 5.17. The van der Waals surface area contributed by atoms with Crippen molar-refractivity contribution < 1.29 is 4.42 Å². The first-order chi connectivity index (χ1) is 6.45. The summed E-state index contributed by atoms with van der Waals surface area (Å²) in [6.07, 6.45) is 5.65. The fourth-order valence-electron chi connectivity index (χ4n) is 1.13. The first-order valence-electron chi connectivity index (χ1n) is 4.22. The normalized spacial score (nSPS) is 10.5. The van der Waals surface area contributed by atoms with E-state index >= 15 is 0 Å². The van der Waals surface area contributed by atoms with Gasteiger partial charge < -0.3 is 0 Å². The third-order valence-corrected chi connectivity index (χ3v) is 1.78. The molecule has 0 radical (unpaired) electrons. The number of hydrogen-bond acceptors (Lipinski definition) is 1. The van der Waals surface area contributed by atoms with Gasteiger partial charge in [-0.05, 0) is 0 Å². The summed E-state index contributed by atoms with van der Waals surface area (Å²) >= 11 is 0. The Bertz CT molecular complexity index is 376. The van der Waals surface area contributed by atoms with Crippen LogP contribution in [0.1, 0.15) is 11.2 Å². The zero-order valence-electron chi connectivity index (χ0n) is 7.18. The Morgan fingerprint density at radius 2 is 1.92 bits per heavy atom. The Morgan fingerprint density at radius 1 is 1.08 bits per heavy atom. The molecule has 0 atom stereocenters. The summed E-state index contributed by atoms with van der Waals surface area (Å²) in [5.41, 5.74) is 2.06. The van der Waals surface area contributed by atoms with Crippen molar-refractivity contribution in [3.05, 3.63) is 53.8 Å². The number of hydrogen-bond donors (Lipinski definition) is 0. The molecule has 0 aliphatic rings. The van der Waals surface area contributed by atoms with E-state index in [1.807, 2.05) is 43.2 Å².